The molecule has 0 spiro atoms. The van der Waals surface area contributed by atoms with Crippen LogP contribution in [0.2, 0.25) is 0 Å². The van der Waals surface area contributed by atoms with Crippen molar-refractivity contribution in [1.29, 1.82) is 0 Å². The Labute approximate surface area is 113 Å². The molecule has 4 nitrogen and oxygen atoms in total. The monoisotopic (exact) mass is 260 g/mol. The van der Waals surface area contributed by atoms with Crippen molar-refractivity contribution >= 4 is 0 Å². The number of methoxy groups -OCH3 is 2. The van der Waals surface area contributed by atoms with Crippen LogP contribution in [0.3, 0.4) is 0 Å². The van der Waals surface area contributed by atoms with Gasteiger partial charge in [-0.15, -0.1) is 0 Å². The molecule has 0 bridgehead atoms. The van der Waals surface area contributed by atoms with Gasteiger partial charge in [-0.1, -0.05) is 26.2 Å². The molecule has 2 unspecified atom stereocenters. The number of nitrogens with zero attached hydrogens (tertiary/aromatic N) is 1. The summed E-state index contributed by atoms with van der Waals surface area (Å²) in [5.74, 6) is 0. The third-order valence-corrected chi connectivity index (χ3v) is 3.41. The van der Waals surface area contributed by atoms with E-state index >= 15 is 0 Å². The van der Waals surface area contributed by atoms with Crippen LogP contribution < -0.4 is 5.73 Å². The Morgan fingerprint density at radius 1 is 1.17 bits per heavy atom. The molecule has 0 aliphatic rings. The lowest BCUT2D eigenvalue weighted by atomic mass is 10.1. The van der Waals surface area contributed by atoms with E-state index in [0.29, 0.717) is 18.6 Å². The van der Waals surface area contributed by atoms with Gasteiger partial charge in [-0.25, -0.2) is 0 Å². The Hall–Kier alpha value is -0.160. The maximum atomic E-state index is 5.94. The minimum atomic E-state index is 0.389. The fourth-order valence-corrected chi connectivity index (χ4v) is 2.35. The number of hydrogen-bond acceptors (Lipinski definition) is 4. The first-order valence-corrected chi connectivity index (χ1v) is 7.14. The average molecular weight is 260 g/mol. The lowest BCUT2D eigenvalue weighted by Gasteiger charge is -2.35. The summed E-state index contributed by atoms with van der Waals surface area (Å²) in [6.45, 7) is 7.55. The van der Waals surface area contributed by atoms with Crippen LogP contribution in [0.5, 0.6) is 0 Å². The minimum Gasteiger partial charge on any atom is -0.383 e. The minimum absolute atomic E-state index is 0.389. The molecule has 0 amide bonds. The van der Waals surface area contributed by atoms with Crippen molar-refractivity contribution in [2.75, 3.05) is 40.5 Å². The summed E-state index contributed by atoms with van der Waals surface area (Å²) >= 11 is 0. The quantitative estimate of drug-likeness (QED) is 0.544. The summed E-state index contributed by atoms with van der Waals surface area (Å²) in [4.78, 5) is 2.43. The summed E-state index contributed by atoms with van der Waals surface area (Å²) in [6, 6.07) is 0.831. The van der Waals surface area contributed by atoms with Crippen LogP contribution in [0.25, 0.3) is 0 Å². The average Bonchev–Trinajstić information content (AvgIpc) is 2.37. The summed E-state index contributed by atoms with van der Waals surface area (Å²) in [7, 11) is 3.49. The van der Waals surface area contributed by atoms with Crippen molar-refractivity contribution < 1.29 is 9.47 Å². The highest BCUT2D eigenvalue weighted by Gasteiger charge is 2.21. The molecule has 0 aromatic carbocycles. The number of ether oxygens (including phenoxy) is 2. The highest BCUT2D eigenvalue weighted by molar-refractivity contribution is 4.77. The molecule has 2 atom stereocenters. The largest absolute Gasteiger partial charge is 0.383 e. The fourth-order valence-electron chi connectivity index (χ4n) is 2.35. The van der Waals surface area contributed by atoms with E-state index in [9.17, 15) is 0 Å². The van der Waals surface area contributed by atoms with E-state index in [-0.39, 0.29) is 0 Å². The van der Waals surface area contributed by atoms with E-state index in [1.54, 1.807) is 14.2 Å². The van der Waals surface area contributed by atoms with Crippen LogP contribution in [0, 0.1) is 0 Å². The molecule has 0 aliphatic heterocycles. The van der Waals surface area contributed by atoms with Crippen molar-refractivity contribution in [2.24, 2.45) is 5.73 Å². The van der Waals surface area contributed by atoms with Gasteiger partial charge in [0.2, 0.25) is 0 Å². The summed E-state index contributed by atoms with van der Waals surface area (Å²) in [6.07, 6.45) is 4.96. The fraction of sp³-hybridized carbons (Fsp3) is 1.00. The lowest BCUT2D eigenvalue weighted by molar-refractivity contribution is 0.0459. The molecule has 4 heteroatoms. The van der Waals surface area contributed by atoms with Gasteiger partial charge in [0.1, 0.15) is 0 Å². The normalized spacial score (nSPS) is 15.0. The van der Waals surface area contributed by atoms with Gasteiger partial charge in [-0.3, -0.25) is 4.90 Å². The van der Waals surface area contributed by atoms with E-state index in [1.165, 1.54) is 25.7 Å². The van der Waals surface area contributed by atoms with Crippen LogP contribution >= 0.6 is 0 Å². The molecule has 18 heavy (non-hydrogen) atoms. The molecular formula is C14H32N2O2. The van der Waals surface area contributed by atoms with Gasteiger partial charge in [-0.05, 0) is 13.3 Å². The molecule has 0 saturated carbocycles. The molecule has 110 valence electrons. The van der Waals surface area contributed by atoms with Crippen molar-refractivity contribution in [1.82, 2.24) is 4.90 Å². The third kappa shape index (κ3) is 7.31. The Morgan fingerprint density at radius 2 is 1.89 bits per heavy atom. The number of unbranched alkanes of at least 4 members (excludes halogenated alkanes) is 2. The van der Waals surface area contributed by atoms with E-state index in [0.717, 1.165) is 19.8 Å². The molecule has 0 radical (unpaired) electrons. The van der Waals surface area contributed by atoms with Crippen LogP contribution in [-0.2, 0) is 9.47 Å². The Bertz CT molecular complexity index is 179. The second-order valence-corrected chi connectivity index (χ2v) is 4.92. The van der Waals surface area contributed by atoms with Gasteiger partial charge in [0, 0.05) is 39.4 Å². The standard InChI is InChI=1S/C14H32N2O2/c1-5-6-7-8-14(11-15)16(9-10-17-3)13(2)12-18-4/h13-14H,5-12,15H2,1-4H3. The summed E-state index contributed by atoms with van der Waals surface area (Å²) in [5.41, 5.74) is 5.94. The van der Waals surface area contributed by atoms with Gasteiger partial charge < -0.3 is 15.2 Å². The van der Waals surface area contributed by atoms with Crippen LogP contribution in [-0.4, -0.2) is 57.5 Å². The lowest BCUT2D eigenvalue weighted by Crippen LogP contribution is -2.48. The second kappa shape index (κ2) is 11.9. The van der Waals surface area contributed by atoms with E-state index < -0.39 is 0 Å². The Kier molecular flexibility index (Phi) is 11.8. The van der Waals surface area contributed by atoms with E-state index in [1.807, 2.05) is 0 Å². The Balaban J connectivity index is 4.35. The van der Waals surface area contributed by atoms with Crippen molar-refractivity contribution in [3.8, 4) is 0 Å². The van der Waals surface area contributed by atoms with Crippen LogP contribution in [0.15, 0.2) is 0 Å². The molecule has 0 aromatic rings. The van der Waals surface area contributed by atoms with Gasteiger partial charge >= 0.3 is 0 Å². The predicted molar refractivity (Wildman–Crippen MR) is 76.9 cm³/mol. The van der Waals surface area contributed by atoms with E-state index in [4.69, 9.17) is 15.2 Å². The number of nitrogens with two attached hydrogens (primary N) is 1. The first kappa shape index (κ1) is 17.8. The molecule has 0 aliphatic carbocycles. The molecule has 2 N–H and O–H groups in total. The van der Waals surface area contributed by atoms with Crippen LogP contribution in [0.1, 0.15) is 39.5 Å². The molecule has 0 heterocycles. The van der Waals surface area contributed by atoms with Gasteiger partial charge in [0.05, 0.1) is 13.2 Å². The third-order valence-electron chi connectivity index (χ3n) is 3.41. The molecule has 0 saturated heterocycles. The van der Waals surface area contributed by atoms with Crippen molar-refractivity contribution in [3.05, 3.63) is 0 Å². The summed E-state index contributed by atoms with van der Waals surface area (Å²) in [5, 5.41) is 0. The zero-order chi connectivity index (χ0) is 13.8. The number of rotatable bonds is 12. The second-order valence-electron chi connectivity index (χ2n) is 4.92. The maximum absolute atomic E-state index is 5.94. The van der Waals surface area contributed by atoms with Crippen molar-refractivity contribution in [3.63, 3.8) is 0 Å². The zero-order valence-corrected chi connectivity index (χ0v) is 12.7. The molecule has 0 rings (SSSR count). The van der Waals surface area contributed by atoms with Crippen molar-refractivity contribution in [2.45, 2.75) is 51.6 Å². The first-order chi connectivity index (χ1) is 8.71. The highest BCUT2D eigenvalue weighted by atomic mass is 16.5. The SMILES string of the molecule is CCCCCC(CN)N(CCOC)C(C)COC. The first-order valence-electron chi connectivity index (χ1n) is 7.14. The van der Waals surface area contributed by atoms with Gasteiger partial charge in [0.25, 0.3) is 0 Å². The van der Waals surface area contributed by atoms with Crippen LogP contribution in [0.4, 0.5) is 0 Å². The predicted octanol–water partition coefficient (Wildman–Crippen LogP) is 1.88. The zero-order valence-electron chi connectivity index (χ0n) is 12.7. The smallest absolute Gasteiger partial charge is 0.0615 e. The van der Waals surface area contributed by atoms with E-state index in [2.05, 4.69) is 18.7 Å². The number of hydrogen-bond donors (Lipinski definition) is 1. The van der Waals surface area contributed by atoms with Gasteiger partial charge in [-0.2, -0.15) is 0 Å². The molecule has 0 aromatic heterocycles. The Morgan fingerprint density at radius 3 is 2.39 bits per heavy atom. The molecular weight excluding hydrogens is 228 g/mol. The topological polar surface area (TPSA) is 47.7 Å². The summed E-state index contributed by atoms with van der Waals surface area (Å²) < 4.78 is 10.5. The maximum Gasteiger partial charge on any atom is 0.0615 e. The van der Waals surface area contributed by atoms with Gasteiger partial charge in [0.15, 0.2) is 0 Å². The molecule has 0 fully saturated rings. The highest BCUT2D eigenvalue weighted by Crippen LogP contribution is 2.13.